The summed E-state index contributed by atoms with van der Waals surface area (Å²) in [5.41, 5.74) is 1.50. The fraction of sp³-hybridized carbons (Fsp3) is 0.435. The second-order valence-corrected chi connectivity index (χ2v) is 15.0. The molecule has 0 saturated heterocycles. The number of imidazole rings is 1. The molecule has 1 aliphatic heterocycles. The van der Waals surface area contributed by atoms with E-state index in [0.29, 0.717) is 30.8 Å². The molecule has 0 spiro atoms. The van der Waals surface area contributed by atoms with Gasteiger partial charge < -0.3 is 9.33 Å². The Bertz CT molecular complexity index is 1210. The number of benzene rings is 1. The van der Waals surface area contributed by atoms with Crippen LogP contribution in [0.25, 0.3) is 5.52 Å². The maximum atomic E-state index is 13.7. The zero-order valence-electron chi connectivity index (χ0n) is 19.1. The number of amides is 1. The van der Waals surface area contributed by atoms with Crippen LogP contribution in [0.2, 0.25) is 23.3 Å². The highest BCUT2D eigenvalue weighted by Crippen LogP contribution is 2.38. The third-order valence-electron chi connectivity index (χ3n) is 6.54. The molecule has 1 atom stereocenters. The summed E-state index contributed by atoms with van der Waals surface area (Å²) in [6, 6.07) is 9.85. The molecule has 9 heteroatoms. The number of rotatable bonds is 4. The molecule has 3 aromatic rings. The van der Waals surface area contributed by atoms with E-state index in [-0.39, 0.29) is 27.9 Å². The summed E-state index contributed by atoms with van der Waals surface area (Å²) in [6.45, 7) is 12.1. The van der Waals surface area contributed by atoms with Gasteiger partial charge in [-0.05, 0) is 23.7 Å². The number of aromatic nitrogens is 3. The van der Waals surface area contributed by atoms with E-state index in [9.17, 15) is 9.59 Å². The van der Waals surface area contributed by atoms with Crippen molar-refractivity contribution in [3.63, 3.8) is 0 Å². The Labute approximate surface area is 193 Å². The van der Waals surface area contributed by atoms with Crippen LogP contribution in [0, 0.1) is 0 Å². The highest BCUT2D eigenvalue weighted by Gasteiger charge is 2.41. The minimum absolute atomic E-state index is 0.00426. The lowest BCUT2D eigenvalue weighted by atomic mass is 10.2. The Morgan fingerprint density at radius 2 is 1.84 bits per heavy atom. The number of hydrogen-bond acceptors (Lipinski definition) is 4. The van der Waals surface area contributed by atoms with Gasteiger partial charge in [0.2, 0.25) is 0 Å². The molecule has 7 nitrogen and oxygen atoms in total. The average molecular weight is 473 g/mol. The summed E-state index contributed by atoms with van der Waals surface area (Å²) < 4.78 is 9.63. The summed E-state index contributed by atoms with van der Waals surface area (Å²) in [5, 5.41) is 0.202. The molecule has 0 saturated carbocycles. The quantitative estimate of drug-likeness (QED) is 0.534. The molecular formula is C23H29ClN4O3Si. The zero-order valence-corrected chi connectivity index (χ0v) is 20.9. The molecule has 0 bridgehead atoms. The van der Waals surface area contributed by atoms with E-state index >= 15 is 0 Å². The Morgan fingerprint density at radius 3 is 2.50 bits per heavy atom. The second kappa shape index (κ2) is 8.17. The molecule has 3 heterocycles. The van der Waals surface area contributed by atoms with E-state index in [0.717, 1.165) is 5.56 Å². The van der Waals surface area contributed by atoms with Crippen LogP contribution in [-0.2, 0) is 17.5 Å². The summed E-state index contributed by atoms with van der Waals surface area (Å²) in [7, 11) is -2.14. The Hall–Kier alpha value is -2.42. The lowest BCUT2D eigenvalue weighted by Crippen LogP contribution is -2.48. The van der Waals surface area contributed by atoms with Gasteiger partial charge in [-0.2, -0.15) is 0 Å². The number of carbonyl (C=O) groups excluding carboxylic acids is 1. The van der Waals surface area contributed by atoms with Crippen LogP contribution >= 0.6 is 11.6 Å². The molecule has 0 aliphatic carbocycles. The largest absolute Gasteiger partial charge is 0.410 e. The van der Waals surface area contributed by atoms with Crippen molar-refractivity contribution in [3.05, 3.63) is 69.6 Å². The molecule has 1 aliphatic rings. The van der Waals surface area contributed by atoms with Crippen molar-refractivity contribution < 1.29 is 9.22 Å². The normalized spacial score (nSPS) is 17.5. The van der Waals surface area contributed by atoms with Crippen molar-refractivity contribution in [2.75, 3.05) is 6.54 Å². The van der Waals surface area contributed by atoms with Crippen molar-refractivity contribution in [3.8, 4) is 0 Å². The first-order chi connectivity index (χ1) is 15.0. The molecule has 1 amide bonds. The van der Waals surface area contributed by atoms with Gasteiger partial charge in [0.15, 0.2) is 8.32 Å². The molecular weight excluding hydrogens is 444 g/mol. The molecule has 170 valence electrons. The molecule has 4 rings (SSSR count). The summed E-state index contributed by atoms with van der Waals surface area (Å²) in [5.74, 6) is -0.209. The third-order valence-corrected chi connectivity index (χ3v) is 11.3. The van der Waals surface area contributed by atoms with Gasteiger partial charge in [-0.15, -0.1) is 0 Å². The van der Waals surface area contributed by atoms with E-state index in [2.05, 4.69) is 38.8 Å². The third kappa shape index (κ3) is 4.14. The van der Waals surface area contributed by atoms with Crippen molar-refractivity contribution in [2.24, 2.45) is 0 Å². The number of hydrogen-bond donors (Lipinski definition) is 0. The first-order valence-corrected chi connectivity index (χ1v) is 14.0. The molecule has 0 N–H and O–H groups in total. The average Bonchev–Trinajstić information content (AvgIpc) is 2.89. The molecule has 0 fully saturated rings. The minimum atomic E-state index is -2.14. The lowest BCUT2D eigenvalue weighted by molar-refractivity contribution is 0.0646. The number of fused-ring (bicyclic) bond motifs is 3. The summed E-state index contributed by atoms with van der Waals surface area (Å²) in [4.78, 5) is 32.8. The fourth-order valence-electron chi connectivity index (χ4n) is 3.83. The first-order valence-electron chi connectivity index (χ1n) is 10.8. The van der Waals surface area contributed by atoms with Gasteiger partial charge in [-0.25, -0.2) is 9.78 Å². The standard InChI is InChI=1S/C23H29ClN4O3Si/c1-23(2,3)32(4,5)31-17-13-26(12-16-9-7-6-8-10-16)21(29)20-18-11-25-19(24)15-27(18)22(30)28(20)14-17/h6-11,15,17H,12-14H2,1-5H3. The van der Waals surface area contributed by atoms with Crippen molar-refractivity contribution in [1.29, 1.82) is 0 Å². The smallest absolute Gasteiger partial charge is 0.333 e. The molecule has 2 aromatic heterocycles. The summed E-state index contributed by atoms with van der Waals surface area (Å²) >= 11 is 6.03. The Morgan fingerprint density at radius 1 is 1.16 bits per heavy atom. The topological polar surface area (TPSA) is 68.8 Å². The first kappa shape index (κ1) is 22.8. The van der Waals surface area contributed by atoms with Crippen LogP contribution in [0.3, 0.4) is 0 Å². The minimum Gasteiger partial charge on any atom is -0.410 e. The maximum Gasteiger partial charge on any atom is 0.333 e. The zero-order chi connectivity index (χ0) is 23.3. The number of halogens is 1. The number of nitrogens with zero attached hydrogens (tertiary/aromatic N) is 4. The van der Waals surface area contributed by atoms with Crippen molar-refractivity contribution in [2.45, 2.75) is 58.1 Å². The number of carbonyl (C=O) groups is 1. The predicted molar refractivity (Wildman–Crippen MR) is 128 cm³/mol. The predicted octanol–water partition coefficient (Wildman–Crippen LogP) is 4.20. The van der Waals surface area contributed by atoms with Crippen LogP contribution in [0.1, 0.15) is 36.8 Å². The van der Waals surface area contributed by atoms with Crippen LogP contribution in [-0.4, -0.2) is 45.7 Å². The van der Waals surface area contributed by atoms with E-state index in [1.165, 1.54) is 21.4 Å². The van der Waals surface area contributed by atoms with Gasteiger partial charge in [0.05, 0.1) is 30.6 Å². The SMILES string of the molecule is CC(C)(C)[Si](C)(C)OC1CN(Cc2ccccc2)C(=O)c2c3cnc(Cl)cn3c(=O)n2C1. The van der Waals surface area contributed by atoms with Gasteiger partial charge >= 0.3 is 5.69 Å². The van der Waals surface area contributed by atoms with Crippen molar-refractivity contribution in [1.82, 2.24) is 18.9 Å². The van der Waals surface area contributed by atoms with Crippen LogP contribution in [0.5, 0.6) is 0 Å². The maximum absolute atomic E-state index is 13.7. The fourth-order valence-corrected chi connectivity index (χ4v) is 5.32. The van der Waals surface area contributed by atoms with E-state index in [1.54, 1.807) is 4.90 Å². The molecule has 32 heavy (non-hydrogen) atoms. The van der Waals surface area contributed by atoms with Gasteiger partial charge in [0.25, 0.3) is 5.91 Å². The Balaban J connectivity index is 1.82. The highest BCUT2D eigenvalue weighted by atomic mass is 35.5. The monoisotopic (exact) mass is 472 g/mol. The summed E-state index contributed by atoms with van der Waals surface area (Å²) in [6.07, 6.45) is 2.64. The van der Waals surface area contributed by atoms with Crippen LogP contribution < -0.4 is 5.69 Å². The molecule has 1 unspecified atom stereocenters. The van der Waals surface area contributed by atoms with Crippen LogP contribution in [0.15, 0.2) is 47.5 Å². The van der Waals surface area contributed by atoms with E-state index < -0.39 is 8.32 Å². The molecule has 0 radical (unpaired) electrons. The Kier molecular flexibility index (Phi) is 5.81. The second-order valence-electron chi connectivity index (χ2n) is 9.88. The van der Waals surface area contributed by atoms with Crippen molar-refractivity contribution >= 4 is 31.3 Å². The molecule has 1 aromatic carbocycles. The lowest BCUT2D eigenvalue weighted by Gasteiger charge is -2.39. The highest BCUT2D eigenvalue weighted by molar-refractivity contribution is 6.74. The van der Waals surface area contributed by atoms with Gasteiger partial charge in [0, 0.05) is 13.1 Å². The van der Waals surface area contributed by atoms with E-state index in [1.807, 2.05) is 30.3 Å². The van der Waals surface area contributed by atoms with Gasteiger partial charge in [-0.3, -0.25) is 13.8 Å². The van der Waals surface area contributed by atoms with Crippen LogP contribution in [0.4, 0.5) is 0 Å². The van der Waals surface area contributed by atoms with Gasteiger partial charge in [0.1, 0.15) is 10.8 Å². The van der Waals surface area contributed by atoms with E-state index in [4.69, 9.17) is 16.0 Å². The van der Waals surface area contributed by atoms with Gasteiger partial charge in [-0.1, -0.05) is 62.7 Å².